The normalized spacial score (nSPS) is 46.5. The second-order valence-electron chi connectivity index (χ2n) is 8.49. The average Bonchev–Trinajstić information content (AvgIpc) is 3.14. The molecule has 5 aliphatic heterocycles. The minimum atomic E-state index is 0.0896. The second kappa shape index (κ2) is 3.72. The molecule has 0 N–H and O–H groups in total. The van der Waals surface area contributed by atoms with Crippen LogP contribution < -0.4 is 4.90 Å². The van der Waals surface area contributed by atoms with E-state index in [4.69, 9.17) is 4.74 Å². The number of amides is 1. The molecule has 0 radical (unpaired) electrons. The maximum Gasteiger partial charge on any atom is 0.231 e. The van der Waals surface area contributed by atoms with E-state index in [1.54, 1.807) is 0 Å². The molecule has 6 aliphatic rings. The number of carbonyl (C=O) groups excluding carboxylic acids is 1. The number of nitrogens with zero attached hydrogens (tertiary/aromatic N) is 2. The Hall–Kier alpha value is -1.81. The van der Waals surface area contributed by atoms with E-state index in [0.29, 0.717) is 30.3 Å². The van der Waals surface area contributed by atoms with Crippen LogP contribution >= 0.6 is 0 Å². The van der Waals surface area contributed by atoms with E-state index in [2.05, 4.69) is 34.1 Å². The highest BCUT2D eigenvalue weighted by Gasteiger charge is 2.71. The van der Waals surface area contributed by atoms with Gasteiger partial charge in [0, 0.05) is 29.6 Å². The van der Waals surface area contributed by atoms with E-state index < -0.39 is 0 Å². The summed E-state index contributed by atoms with van der Waals surface area (Å²) < 4.78 is 6.12. The zero-order valence-corrected chi connectivity index (χ0v) is 13.5. The van der Waals surface area contributed by atoms with Gasteiger partial charge in [-0.15, -0.1) is 0 Å². The first kappa shape index (κ1) is 12.5. The summed E-state index contributed by atoms with van der Waals surface area (Å²) in [5.41, 5.74) is 4.25. The third-order valence-electron chi connectivity index (χ3n) is 7.96. The van der Waals surface area contributed by atoms with Crippen molar-refractivity contribution in [2.75, 3.05) is 18.0 Å². The summed E-state index contributed by atoms with van der Waals surface area (Å²) in [6, 6.07) is 9.63. The number of anilines is 1. The maximum atomic E-state index is 13.1. The molecule has 122 valence electrons. The van der Waals surface area contributed by atoms with Gasteiger partial charge in [0.15, 0.2) is 0 Å². The number of benzene rings is 1. The Morgan fingerprint density at radius 1 is 1.25 bits per heavy atom. The highest BCUT2D eigenvalue weighted by atomic mass is 16.5. The van der Waals surface area contributed by atoms with Gasteiger partial charge in [-0.1, -0.05) is 18.2 Å². The monoisotopic (exact) mass is 320 g/mol. The minimum Gasteiger partial charge on any atom is -0.497 e. The van der Waals surface area contributed by atoms with Crippen LogP contribution in [0, 0.1) is 11.8 Å². The van der Waals surface area contributed by atoms with Gasteiger partial charge in [0.1, 0.15) is 6.10 Å². The first-order valence-electron chi connectivity index (χ1n) is 9.29. The molecule has 6 atom stereocenters. The molecule has 4 heteroatoms. The molecule has 5 heterocycles. The Balaban J connectivity index is 1.57. The standard InChI is InChI=1S/C20H20N2O2/c23-17-8-15-18-12-7-16-20(5-6-21(16)9-11(12)10-24-15)13-3-1-2-4-14(13)22(17)19(18)20/h1-4,10,12,15-16,18-19H,5-9H2/t12-,15-,16-,18-,19-,20+/m0/s1. The van der Waals surface area contributed by atoms with Crippen molar-refractivity contribution in [2.24, 2.45) is 11.8 Å². The fourth-order valence-electron chi connectivity index (χ4n) is 7.28. The van der Waals surface area contributed by atoms with Crippen LogP contribution in [0.1, 0.15) is 24.8 Å². The van der Waals surface area contributed by atoms with Crippen molar-refractivity contribution in [2.45, 2.75) is 42.9 Å². The molecule has 1 aromatic rings. The first-order valence-corrected chi connectivity index (χ1v) is 9.29. The molecule has 24 heavy (non-hydrogen) atoms. The zero-order chi connectivity index (χ0) is 15.6. The molecule has 2 bridgehead atoms. The number of carbonyl (C=O) groups is 1. The van der Waals surface area contributed by atoms with Crippen LogP contribution in [0.2, 0.25) is 0 Å². The molecule has 1 spiro atoms. The third kappa shape index (κ3) is 1.10. The Labute approximate surface area is 141 Å². The molecule has 0 aromatic heterocycles. The van der Waals surface area contributed by atoms with Gasteiger partial charge in [0.25, 0.3) is 0 Å². The number of piperidine rings is 2. The lowest BCUT2D eigenvalue weighted by Gasteiger charge is -2.60. The number of fused-ring (bicyclic) bond motifs is 2. The lowest BCUT2D eigenvalue weighted by molar-refractivity contribution is -0.132. The summed E-state index contributed by atoms with van der Waals surface area (Å²) in [6.07, 6.45) is 5.08. The van der Waals surface area contributed by atoms with E-state index in [1.807, 2.05) is 6.26 Å². The summed E-state index contributed by atoms with van der Waals surface area (Å²) in [7, 11) is 0. The summed E-state index contributed by atoms with van der Waals surface area (Å²) in [6.45, 7) is 2.22. The van der Waals surface area contributed by atoms with Gasteiger partial charge in [-0.25, -0.2) is 0 Å². The highest BCUT2D eigenvalue weighted by molar-refractivity contribution is 5.99. The van der Waals surface area contributed by atoms with Crippen molar-refractivity contribution in [3.63, 3.8) is 0 Å². The largest absolute Gasteiger partial charge is 0.497 e. The molecule has 3 saturated heterocycles. The molecular formula is C20H20N2O2. The minimum absolute atomic E-state index is 0.0896. The van der Waals surface area contributed by atoms with E-state index in [0.717, 1.165) is 13.1 Å². The van der Waals surface area contributed by atoms with Gasteiger partial charge in [0.05, 0.1) is 18.7 Å². The molecule has 4 fully saturated rings. The van der Waals surface area contributed by atoms with Crippen LogP contribution in [0.3, 0.4) is 0 Å². The molecule has 1 amide bonds. The molecule has 0 unspecified atom stereocenters. The smallest absolute Gasteiger partial charge is 0.231 e. The van der Waals surface area contributed by atoms with E-state index in [-0.39, 0.29) is 17.4 Å². The molecule has 1 aromatic carbocycles. The van der Waals surface area contributed by atoms with Crippen LogP contribution in [0.5, 0.6) is 0 Å². The maximum absolute atomic E-state index is 13.1. The lowest BCUT2D eigenvalue weighted by Crippen LogP contribution is -2.70. The quantitative estimate of drug-likeness (QED) is 0.733. The summed E-state index contributed by atoms with van der Waals surface area (Å²) in [5.74, 6) is 1.36. The van der Waals surface area contributed by atoms with Gasteiger partial charge < -0.3 is 9.64 Å². The van der Waals surface area contributed by atoms with Crippen molar-refractivity contribution < 1.29 is 9.53 Å². The molecule has 1 aliphatic carbocycles. The van der Waals surface area contributed by atoms with Gasteiger partial charge in [-0.3, -0.25) is 9.69 Å². The van der Waals surface area contributed by atoms with Crippen LogP contribution in [0.15, 0.2) is 36.1 Å². The number of hydrogen-bond acceptors (Lipinski definition) is 3. The van der Waals surface area contributed by atoms with Crippen molar-refractivity contribution in [1.29, 1.82) is 0 Å². The topological polar surface area (TPSA) is 32.8 Å². The Bertz CT molecular complexity index is 833. The second-order valence-corrected chi connectivity index (χ2v) is 8.49. The van der Waals surface area contributed by atoms with Gasteiger partial charge in [0.2, 0.25) is 5.91 Å². The van der Waals surface area contributed by atoms with Crippen LogP contribution in [0.25, 0.3) is 0 Å². The van der Waals surface area contributed by atoms with E-state index in [1.165, 1.54) is 29.7 Å². The fraction of sp³-hybridized carbons (Fsp3) is 0.550. The van der Waals surface area contributed by atoms with Crippen molar-refractivity contribution in [3.8, 4) is 0 Å². The molecule has 4 nitrogen and oxygen atoms in total. The summed E-state index contributed by atoms with van der Waals surface area (Å²) in [5, 5.41) is 0. The van der Waals surface area contributed by atoms with Gasteiger partial charge in [-0.05, 0) is 42.5 Å². The van der Waals surface area contributed by atoms with E-state index in [9.17, 15) is 4.79 Å². The zero-order valence-electron chi connectivity index (χ0n) is 13.5. The molecule has 7 rings (SSSR count). The summed E-state index contributed by atoms with van der Waals surface area (Å²) in [4.78, 5) is 17.9. The highest BCUT2D eigenvalue weighted by Crippen LogP contribution is 2.66. The number of para-hydroxylation sites is 1. The first-order chi connectivity index (χ1) is 11.8. The Morgan fingerprint density at radius 3 is 3.12 bits per heavy atom. The fourth-order valence-corrected chi connectivity index (χ4v) is 7.28. The predicted octanol–water partition coefficient (Wildman–Crippen LogP) is 2.05. The average molecular weight is 320 g/mol. The third-order valence-corrected chi connectivity index (χ3v) is 7.96. The Kier molecular flexibility index (Phi) is 1.94. The molecule has 1 saturated carbocycles. The number of rotatable bonds is 0. The van der Waals surface area contributed by atoms with Crippen LogP contribution in [0.4, 0.5) is 5.69 Å². The predicted molar refractivity (Wildman–Crippen MR) is 88.5 cm³/mol. The van der Waals surface area contributed by atoms with Crippen molar-refractivity contribution in [1.82, 2.24) is 4.90 Å². The lowest BCUT2D eigenvalue weighted by atomic mass is 9.53. The van der Waals surface area contributed by atoms with Crippen LogP contribution in [-0.2, 0) is 14.9 Å². The van der Waals surface area contributed by atoms with E-state index >= 15 is 0 Å². The van der Waals surface area contributed by atoms with Crippen molar-refractivity contribution >= 4 is 11.6 Å². The number of hydrogen-bond donors (Lipinski definition) is 0. The van der Waals surface area contributed by atoms with Gasteiger partial charge in [-0.2, -0.15) is 0 Å². The van der Waals surface area contributed by atoms with Gasteiger partial charge >= 0.3 is 0 Å². The Morgan fingerprint density at radius 2 is 2.17 bits per heavy atom. The summed E-state index contributed by atoms with van der Waals surface area (Å²) >= 11 is 0. The number of ether oxygens (including phenoxy) is 1. The van der Waals surface area contributed by atoms with Crippen molar-refractivity contribution in [3.05, 3.63) is 41.7 Å². The SMILES string of the molecule is O=C1C[C@@H]2OC=C3CN4CC[C@]56c7ccccc7N1[C@H]5[C@H]2[C@H]3C[C@H]46. The molecular weight excluding hydrogens is 300 g/mol. The van der Waals surface area contributed by atoms with Crippen LogP contribution in [-0.4, -0.2) is 42.1 Å².